The summed E-state index contributed by atoms with van der Waals surface area (Å²) in [7, 11) is 1.29. The Hall–Kier alpha value is -3.29. The molecule has 152 valence electrons. The highest BCUT2D eigenvalue weighted by Crippen LogP contribution is 2.33. The molecular formula is C21H21F2N3O3. The summed E-state index contributed by atoms with van der Waals surface area (Å²) in [4.78, 5) is 30.7. The Morgan fingerprint density at radius 3 is 2.59 bits per heavy atom. The number of pyridine rings is 2. The second kappa shape index (κ2) is 8.81. The predicted octanol–water partition coefficient (Wildman–Crippen LogP) is 3.65. The second-order valence-electron chi connectivity index (χ2n) is 6.77. The maximum atomic E-state index is 12.5. The van der Waals surface area contributed by atoms with E-state index in [9.17, 15) is 18.4 Å². The molecule has 1 amide bonds. The highest BCUT2D eigenvalue weighted by Gasteiger charge is 2.20. The number of rotatable bonds is 3. The zero-order chi connectivity index (χ0) is 21.0. The fraction of sp³-hybridized carbons (Fsp3) is 0.286. The molecule has 1 aliphatic carbocycles. The summed E-state index contributed by atoms with van der Waals surface area (Å²) in [6, 6.07) is 7.08. The van der Waals surface area contributed by atoms with Gasteiger partial charge in [-0.15, -0.1) is 0 Å². The van der Waals surface area contributed by atoms with Gasteiger partial charge in [0.1, 0.15) is 5.69 Å². The lowest BCUT2D eigenvalue weighted by molar-refractivity contribution is 0.0997. The lowest BCUT2D eigenvalue weighted by atomic mass is 10.0. The number of fused-ring (bicyclic) bond motifs is 1. The minimum absolute atomic E-state index is 0.0386. The van der Waals surface area contributed by atoms with Crippen molar-refractivity contribution in [1.82, 2.24) is 9.97 Å². The summed E-state index contributed by atoms with van der Waals surface area (Å²) >= 11 is 0. The molecule has 0 unspecified atom stereocenters. The lowest BCUT2D eigenvalue weighted by Gasteiger charge is -2.11. The molecule has 29 heavy (non-hydrogen) atoms. The van der Waals surface area contributed by atoms with Gasteiger partial charge in [0.2, 0.25) is 5.82 Å². The van der Waals surface area contributed by atoms with Gasteiger partial charge in [0.05, 0.1) is 18.0 Å². The highest BCUT2D eigenvalue weighted by atomic mass is 19.2. The molecule has 1 aromatic carbocycles. The number of hydrogen-bond acceptors (Lipinski definition) is 4. The zero-order valence-electron chi connectivity index (χ0n) is 15.9. The predicted molar refractivity (Wildman–Crippen MR) is 105 cm³/mol. The van der Waals surface area contributed by atoms with Gasteiger partial charge >= 0.3 is 0 Å². The number of benzene rings is 1. The van der Waals surface area contributed by atoms with Crippen LogP contribution in [0.3, 0.4) is 0 Å². The Balaban J connectivity index is 0.000000204. The van der Waals surface area contributed by atoms with Crippen LogP contribution < -0.4 is 15.9 Å². The molecular weight excluding hydrogens is 380 g/mol. The van der Waals surface area contributed by atoms with E-state index in [2.05, 4.69) is 14.7 Å². The number of nitrogens with two attached hydrogens (primary N) is 1. The average Bonchev–Trinajstić information content (AvgIpc) is 3.25. The average molecular weight is 401 g/mol. The monoisotopic (exact) mass is 401 g/mol. The Labute approximate surface area is 165 Å². The molecule has 0 aliphatic heterocycles. The second-order valence-corrected chi connectivity index (χ2v) is 6.77. The van der Waals surface area contributed by atoms with Crippen LogP contribution in [-0.4, -0.2) is 23.0 Å². The largest absolute Gasteiger partial charge is 0.494 e. The summed E-state index contributed by atoms with van der Waals surface area (Å²) in [5, 5.41) is 0.289. The van der Waals surface area contributed by atoms with Crippen molar-refractivity contribution in [2.24, 2.45) is 5.73 Å². The molecule has 0 spiro atoms. The number of aromatic amines is 1. The van der Waals surface area contributed by atoms with E-state index in [0.29, 0.717) is 11.4 Å². The van der Waals surface area contributed by atoms with Crippen LogP contribution in [0.25, 0.3) is 10.9 Å². The number of nitrogens with zero attached hydrogens (tertiary/aromatic N) is 1. The summed E-state index contributed by atoms with van der Waals surface area (Å²) in [5.41, 5.74) is 6.70. The number of aromatic nitrogens is 2. The van der Waals surface area contributed by atoms with Crippen LogP contribution >= 0.6 is 0 Å². The Morgan fingerprint density at radius 2 is 1.97 bits per heavy atom. The van der Waals surface area contributed by atoms with Crippen LogP contribution in [0.1, 0.15) is 47.8 Å². The number of carbonyl (C=O) groups is 1. The molecule has 1 saturated carbocycles. The van der Waals surface area contributed by atoms with Gasteiger partial charge in [-0.3, -0.25) is 14.6 Å². The molecule has 3 aromatic rings. The minimum atomic E-state index is -0.940. The van der Waals surface area contributed by atoms with Crippen LogP contribution in [0, 0.1) is 11.6 Å². The van der Waals surface area contributed by atoms with Gasteiger partial charge in [-0.05, 0) is 37.0 Å². The smallest absolute Gasteiger partial charge is 0.268 e. The van der Waals surface area contributed by atoms with E-state index in [-0.39, 0.29) is 22.3 Å². The number of halogens is 2. The van der Waals surface area contributed by atoms with Gasteiger partial charge < -0.3 is 15.5 Å². The van der Waals surface area contributed by atoms with Crippen molar-refractivity contribution in [1.29, 1.82) is 0 Å². The first-order valence-electron chi connectivity index (χ1n) is 9.22. The van der Waals surface area contributed by atoms with Crippen molar-refractivity contribution in [2.45, 2.75) is 31.6 Å². The third-order valence-corrected chi connectivity index (χ3v) is 4.93. The topological polar surface area (TPSA) is 98.1 Å². The summed E-state index contributed by atoms with van der Waals surface area (Å²) < 4.78 is 29.3. The van der Waals surface area contributed by atoms with Crippen LogP contribution in [0.15, 0.2) is 41.3 Å². The van der Waals surface area contributed by atoms with Crippen molar-refractivity contribution in [3.63, 3.8) is 0 Å². The van der Waals surface area contributed by atoms with Gasteiger partial charge in [0, 0.05) is 18.0 Å². The number of carbonyl (C=O) groups excluding carboxylic acids is 1. The van der Waals surface area contributed by atoms with E-state index in [4.69, 9.17) is 5.73 Å². The number of hydrogen-bond donors (Lipinski definition) is 2. The Kier molecular flexibility index (Phi) is 6.21. The maximum absolute atomic E-state index is 12.5. The first-order valence-corrected chi connectivity index (χ1v) is 9.22. The van der Waals surface area contributed by atoms with Crippen molar-refractivity contribution in [3.05, 3.63) is 69.8 Å². The van der Waals surface area contributed by atoms with Crippen molar-refractivity contribution < 1.29 is 18.3 Å². The summed E-state index contributed by atoms with van der Waals surface area (Å²) in [5.74, 6) is -2.16. The fourth-order valence-corrected chi connectivity index (χ4v) is 3.51. The normalized spacial score (nSPS) is 13.8. The van der Waals surface area contributed by atoms with E-state index in [1.807, 2.05) is 0 Å². The molecule has 8 heteroatoms. The van der Waals surface area contributed by atoms with E-state index in [1.165, 1.54) is 38.3 Å². The van der Waals surface area contributed by atoms with E-state index < -0.39 is 17.5 Å². The number of nitrogens with one attached hydrogen (secondary N) is 1. The molecule has 1 fully saturated rings. The molecule has 0 bridgehead atoms. The highest BCUT2D eigenvalue weighted by molar-refractivity contribution is 6.03. The van der Waals surface area contributed by atoms with Gasteiger partial charge in [-0.1, -0.05) is 18.9 Å². The number of primary amides is 1. The quantitative estimate of drug-likeness (QED) is 0.700. The lowest BCUT2D eigenvalue weighted by Crippen LogP contribution is -2.18. The molecule has 0 atom stereocenters. The first kappa shape index (κ1) is 20.4. The molecule has 2 heterocycles. The van der Waals surface area contributed by atoms with Crippen molar-refractivity contribution in [3.8, 4) is 5.75 Å². The van der Waals surface area contributed by atoms with Crippen LogP contribution in [0.4, 0.5) is 8.78 Å². The molecule has 6 nitrogen and oxygen atoms in total. The third-order valence-electron chi connectivity index (χ3n) is 4.93. The molecule has 2 aromatic heterocycles. The van der Waals surface area contributed by atoms with Gasteiger partial charge in [0.25, 0.3) is 5.91 Å². The standard InChI is InChI=1S/C14H15N3O2.C7H6F2O/c15-14(19)13-12-9(5-6-16-13)17-10(7-11(12)18)8-3-1-2-4-8;1-10-6-4-2-3-5(8)7(6)9/h5-8H,1-4H2,(H2,15,19)(H,17,18);2-4H,1H3. The Bertz CT molecular complexity index is 1090. The van der Waals surface area contributed by atoms with Crippen LogP contribution in [0.5, 0.6) is 5.75 Å². The molecule has 1 aliphatic rings. The third kappa shape index (κ3) is 4.42. The van der Waals surface area contributed by atoms with Gasteiger partial charge in [-0.2, -0.15) is 4.39 Å². The zero-order valence-corrected chi connectivity index (χ0v) is 15.9. The number of methoxy groups -OCH3 is 1. The van der Waals surface area contributed by atoms with Crippen LogP contribution in [-0.2, 0) is 0 Å². The van der Waals surface area contributed by atoms with Gasteiger partial charge in [-0.25, -0.2) is 4.39 Å². The summed E-state index contributed by atoms with van der Waals surface area (Å²) in [6.07, 6.45) is 6.11. The number of H-pyrrole nitrogens is 1. The van der Waals surface area contributed by atoms with Crippen molar-refractivity contribution in [2.75, 3.05) is 7.11 Å². The van der Waals surface area contributed by atoms with E-state index >= 15 is 0 Å². The summed E-state index contributed by atoms with van der Waals surface area (Å²) in [6.45, 7) is 0. The number of ether oxygens (including phenoxy) is 1. The van der Waals surface area contributed by atoms with Gasteiger partial charge in [0.15, 0.2) is 17.0 Å². The number of amides is 1. The molecule has 0 saturated heterocycles. The fourth-order valence-electron chi connectivity index (χ4n) is 3.51. The molecule has 4 rings (SSSR count). The molecule has 0 radical (unpaired) electrons. The first-order chi connectivity index (χ1) is 13.9. The van der Waals surface area contributed by atoms with Crippen LogP contribution in [0.2, 0.25) is 0 Å². The van der Waals surface area contributed by atoms with E-state index in [0.717, 1.165) is 24.6 Å². The maximum Gasteiger partial charge on any atom is 0.268 e. The SMILES string of the molecule is COc1cccc(F)c1F.NC(=O)c1nccc2[nH]c(C3CCCC3)cc(=O)c12. The molecule has 3 N–H and O–H groups in total. The van der Waals surface area contributed by atoms with E-state index in [1.54, 1.807) is 12.1 Å². The minimum Gasteiger partial charge on any atom is -0.494 e. The Morgan fingerprint density at radius 1 is 1.24 bits per heavy atom. The van der Waals surface area contributed by atoms with Crippen molar-refractivity contribution >= 4 is 16.8 Å².